The average Bonchev–Trinajstić information content (AvgIpc) is 2.58. The maximum atomic E-state index is 3.74. The Morgan fingerprint density at radius 2 is 1.36 bits per heavy atom. The first-order chi connectivity index (χ1) is 10.8. The zero-order valence-electron chi connectivity index (χ0n) is 14.5. The fourth-order valence-electron chi connectivity index (χ4n) is 6.45. The molecule has 4 fully saturated rings. The number of likely N-dealkylation sites (tertiary alicyclic amines) is 1. The lowest BCUT2D eigenvalue weighted by Crippen LogP contribution is -2.59. The highest BCUT2D eigenvalue weighted by Gasteiger charge is 2.46. The summed E-state index contributed by atoms with van der Waals surface area (Å²) >= 11 is 0. The molecule has 0 aromatic rings. The molecule has 1 N–H and O–H groups in total. The number of piperidine rings is 2. The van der Waals surface area contributed by atoms with E-state index >= 15 is 0 Å². The zero-order chi connectivity index (χ0) is 14.9. The van der Waals surface area contributed by atoms with Crippen molar-refractivity contribution in [2.45, 2.75) is 89.5 Å². The van der Waals surface area contributed by atoms with Crippen LogP contribution in [0, 0.1) is 10.8 Å². The Hall–Kier alpha value is -0.0800. The molecule has 1 atom stereocenters. The van der Waals surface area contributed by atoms with Crippen molar-refractivity contribution in [1.29, 1.82) is 0 Å². The molecule has 1 unspecified atom stereocenters. The molecular weight excluding hydrogens is 268 g/mol. The highest BCUT2D eigenvalue weighted by Crippen LogP contribution is 2.48. The monoisotopic (exact) mass is 304 g/mol. The van der Waals surface area contributed by atoms with Crippen molar-refractivity contribution >= 4 is 0 Å². The molecule has 2 nitrogen and oxygen atoms in total. The van der Waals surface area contributed by atoms with Crippen molar-refractivity contribution in [1.82, 2.24) is 10.2 Å². The second kappa shape index (κ2) is 6.43. The third kappa shape index (κ3) is 2.86. The lowest BCUT2D eigenvalue weighted by Gasteiger charge is -2.54. The van der Waals surface area contributed by atoms with Gasteiger partial charge < -0.3 is 5.32 Å². The Bertz CT molecular complexity index is 348. The highest BCUT2D eigenvalue weighted by atomic mass is 15.2. The fourth-order valence-corrected chi connectivity index (χ4v) is 6.45. The standard InChI is InChI=1S/C20H36N2/c1-3-8-19(9-4-1)12-15-22(16-13-19)18-7-14-21-17-20(18)10-5-2-6-11-20/h18,21H,1-17H2. The van der Waals surface area contributed by atoms with Crippen molar-refractivity contribution in [2.24, 2.45) is 10.8 Å². The molecule has 0 radical (unpaired) electrons. The minimum Gasteiger partial charge on any atom is -0.316 e. The van der Waals surface area contributed by atoms with Crippen molar-refractivity contribution < 1.29 is 0 Å². The van der Waals surface area contributed by atoms with Gasteiger partial charge in [0.25, 0.3) is 0 Å². The van der Waals surface area contributed by atoms with E-state index in [0.717, 1.165) is 11.5 Å². The minimum atomic E-state index is 0.633. The van der Waals surface area contributed by atoms with Gasteiger partial charge in [-0.3, -0.25) is 4.90 Å². The molecular formula is C20H36N2. The first-order valence-electron chi connectivity index (χ1n) is 10.3. The maximum Gasteiger partial charge on any atom is 0.0176 e. The van der Waals surface area contributed by atoms with E-state index in [9.17, 15) is 0 Å². The van der Waals surface area contributed by atoms with Crippen molar-refractivity contribution in [3.8, 4) is 0 Å². The largest absolute Gasteiger partial charge is 0.316 e. The first-order valence-corrected chi connectivity index (χ1v) is 10.3. The Labute approximate surface area is 137 Å². The number of nitrogens with zero attached hydrogens (tertiary/aromatic N) is 1. The van der Waals surface area contributed by atoms with Crippen LogP contribution in [0.1, 0.15) is 83.5 Å². The molecule has 22 heavy (non-hydrogen) atoms. The van der Waals surface area contributed by atoms with Gasteiger partial charge in [-0.25, -0.2) is 0 Å². The Morgan fingerprint density at radius 3 is 2.05 bits per heavy atom. The van der Waals surface area contributed by atoms with Crippen LogP contribution in [0.3, 0.4) is 0 Å². The lowest BCUT2D eigenvalue weighted by atomic mass is 9.64. The van der Waals surface area contributed by atoms with Crippen LogP contribution in [-0.4, -0.2) is 37.1 Å². The van der Waals surface area contributed by atoms with Crippen LogP contribution in [0.15, 0.2) is 0 Å². The Morgan fingerprint density at radius 1 is 0.727 bits per heavy atom. The minimum absolute atomic E-state index is 0.633. The van der Waals surface area contributed by atoms with Crippen LogP contribution < -0.4 is 5.32 Å². The van der Waals surface area contributed by atoms with E-state index < -0.39 is 0 Å². The summed E-state index contributed by atoms with van der Waals surface area (Å²) < 4.78 is 0. The summed E-state index contributed by atoms with van der Waals surface area (Å²) in [7, 11) is 0. The predicted octanol–water partition coefficient (Wildman–Crippen LogP) is 4.35. The summed E-state index contributed by atoms with van der Waals surface area (Å²) in [5.74, 6) is 0. The van der Waals surface area contributed by atoms with Crippen LogP contribution in [-0.2, 0) is 0 Å². The molecule has 2 heterocycles. The molecule has 2 saturated heterocycles. The normalized spacial score (nSPS) is 35.7. The van der Waals surface area contributed by atoms with Gasteiger partial charge in [0.05, 0.1) is 0 Å². The van der Waals surface area contributed by atoms with E-state index in [1.807, 2.05) is 0 Å². The molecule has 0 aromatic carbocycles. The predicted molar refractivity (Wildman–Crippen MR) is 93.1 cm³/mol. The van der Waals surface area contributed by atoms with Gasteiger partial charge in [0.2, 0.25) is 0 Å². The lowest BCUT2D eigenvalue weighted by molar-refractivity contribution is -0.0322. The summed E-state index contributed by atoms with van der Waals surface area (Å²) in [6.07, 6.45) is 19.5. The van der Waals surface area contributed by atoms with Crippen LogP contribution >= 0.6 is 0 Å². The molecule has 2 spiro atoms. The molecule has 4 aliphatic rings. The summed E-state index contributed by atoms with van der Waals surface area (Å²) in [5.41, 5.74) is 1.40. The smallest absolute Gasteiger partial charge is 0.0176 e. The van der Waals surface area contributed by atoms with Crippen molar-refractivity contribution in [2.75, 3.05) is 26.2 Å². The third-order valence-corrected chi connectivity index (χ3v) is 7.84. The molecule has 2 aliphatic heterocycles. The molecule has 0 amide bonds. The Balaban J connectivity index is 1.42. The molecule has 0 bridgehead atoms. The van der Waals surface area contributed by atoms with Gasteiger partial charge >= 0.3 is 0 Å². The molecule has 2 aliphatic carbocycles. The van der Waals surface area contributed by atoms with Crippen LogP contribution in [0.2, 0.25) is 0 Å². The van der Waals surface area contributed by atoms with Crippen molar-refractivity contribution in [3.63, 3.8) is 0 Å². The summed E-state index contributed by atoms with van der Waals surface area (Å²) in [6.45, 7) is 5.38. The number of hydrogen-bond acceptors (Lipinski definition) is 2. The second-order valence-electron chi connectivity index (χ2n) is 9.00. The number of hydrogen-bond donors (Lipinski definition) is 1. The SMILES string of the molecule is C1CCC2(CC1)CCN(C1CCNCC13CCCCC3)CC2. The maximum absolute atomic E-state index is 3.74. The third-order valence-electron chi connectivity index (χ3n) is 7.84. The van der Waals surface area contributed by atoms with Gasteiger partial charge in [0.1, 0.15) is 0 Å². The number of rotatable bonds is 1. The van der Waals surface area contributed by atoms with Gasteiger partial charge in [-0.1, -0.05) is 38.5 Å². The van der Waals surface area contributed by atoms with E-state index in [1.54, 1.807) is 0 Å². The molecule has 4 rings (SSSR count). The van der Waals surface area contributed by atoms with Crippen molar-refractivity contribution in [3.05, 3.63) is 0 Å². The van der Waals surface area contributed by atoms with E-state index in [1.165, 1.54) is 110 Å². The topological polar surface area (TPSA) is 15.3 Å². The summed E-state index contributed by atoms with van der Waals surface area (Å²) in [5, 5.41) is 3.74. The van der Waals surface area contributed by atoms with E-state index in [-0.39, 0.29) is 0 Å². The van der Waals surface area contributed by atoms with Gasteiger partial charge in [-0.05, 0) is 75.4 Å². The average molecular weight is 305 g/mol. The summed E-state index contributed by atoms with van der Waals surface area (Å²) in [4.78, 5) is 2.95. The van der Waals surface area contributed by atoms with Gasteiger partial charge in [0, 0.05) is 12.6 Å². The first kappa shape index (κ1) is 15.4. The van der Waals surface area contributed by atoms with E-state index in [2.05, 4.69) is 10.2 Å². The van der Waals surface area contributed by atoms with Crippen LogP contribution in [0.4, 0.5) is 0 Å². The Kier molecular flexibility index (Phi) is 4.52. The molecule has 2 saturated carbocycles. The summed E-state index contributed by atoms with van der Waals surface area (Å²) in [6, 6.07) is 0.898. The van der Waals surface area contributed by atoms with Gasteiger partial charge in [-0.2, -0.15) is 0 Å². The van der Waals surface area contributed by atoms with Gasteiger partial charge in [0.15, 0.2) is 0 Å². The second-order valence-corrected chi connectivity index (χ2v) is 9.00. The fraction of sp³-hybridized carbons (Fsp3) is 1.00. The molecule has 0 aromatic heterocycles. The van der Waals surface area contributed by atoms with Gasteiger partial charge in [-0.15, -0.1) is 0 Å². The van der Waals surface area contributed by atoms with Crippen LogP contribution in [0.25, 0.3) is 0 Å². The number of nitrogens with one attached hydrogen (secondary N) is 1. The zero-order valence-corrected chi connectivity index (χ0v) is 14.5. The van der Waals surface area contributed by atoms with E-state index in [0.29, 0.717) is 5.41 Å². The molecule has 2 heteroatoms. The quantitative estimate of drug-likeness (QED) is 0.775. The van der Waals surface area contributed by atoms with Crippen LogP contribution in [0.5, 0.6) is 0 Å². The molecule has 126 valence electrons. The van der Waals surface area contributed by atoms with E-state index in [4.69, 9.17) is 0 Å². The highest BCUT2D eigenvalue weighted by molar-refractivity contribution is 5.01.